The van der Waals surface area contributed by atoms with Crippen LogP contribution in [0.4, 0.5) is 0 Å². The van der Waals surface area contributed by atoms with E-state index in [1.54, 1.807) is 0 Å². The maximum absolute atomic E-state index is 11.6. The third-order valence-corrected chi connectivity index (χ3v) is 2.84. The molecule has 0 bridgehead atoms. The first-order valence-corrected chi connectivity index (χ1v) is 5.85. The molecule has 1 aliphatic heterocycles. The van der Waals surface area contributed by atoms with Gasteiger partial charge in [-0.25, -0.2) is 0 Å². The Morgan fingerprint density at radius 1 is 1.57 bits per heavy atom. The van der Waals surface area contributed by atoms with E-state index in [1.807, 2.05) is 0 Å². The first-order valence-electron chi connectivity index (χ1n) is 5.85. The molecule has 0 aliphatic carbocycles. The van der Waals surface area contributed by atoms with Gasteiger partial charge in [0.25, 0.3) is 0 Å². The molecule has 0 spiro atoms. The summed E-state index contributed by atoms with van der Waals surface area (Å²) in [7, 11) is 0. The smallest absolute Gasteiger partial charge is 0.135 e. The Labute approximate surface area is 87.0 Å². The summed E-state index contributed by atoms with van der Waals surface area (Å²) in [6.07, 6.45) is 6.17. The zero-order valence-corrected chi connectivity index (χ0v) is 9.42. The van der Waals surface area contributed by atoms with Crippen molar-refractivity contribution in [3.63, 3.8) is 0 Å². The van der Waals surface area contributed by atoms with E-state index in [0.717, 1.165) is 32.3 Å². The maximum Gasteiger partial charge on any atom is 0.135 e. The zero-order chi connectivity index (χ0) is 10.4. The topological polar surface area (TPSA) is 26.3 Å². The van der Waals surface area contributed by atoms with Crippen LogP contribution in [0.1, 0.15) is 52.4 Å². The molecule has 1 heterocycles. The monoisotopic (exact) mass is 198 g/mol. The summed E-state index contributed by atoms with van der Waals surface area (Å²) in [6.45, 7) is 5.18. The molecule has 1 rings (SSSR count). The van der Waals surface area contributed by atoms with Crippen molar-refractivity contribution in [3.8, 4) is 0 Å². The molecule has 2 atom stereocenters. The molecule has 0 amide bonds. The van der Waals surface area contributed by atoms with Gasteiger partial charge in [0.05, 0.1) is 6.10 Å². The molecule has 0 aromatic rings. The van der Waals surface area contributed by atoms with Gasteiger partial charge >= 0.3 is 0 Å². The second-order valence-corrected chi connectivity index (χ2v) is 4.48. The minimum atomic E-state index is 0.233. The van der Waals surface area contributed by atoms with Crippen LogP contribution in [0.3, 0.4) is 0 Å². The molecule has 0 aromatic heterocycles. The van der Waals surface area contributed by atoms with Crippen molar-refractivity contribution in [2.24, 2.45) is 5.92 Å². The minimum Gasteiger partial charge on any atom is -0.378 e. The summed E-state index contributed by atoms with van der Waals surface area (Å²) in [6, 6.07) is 0. The first-order chi connectivity index (χ1) is 6.72. The van der Waals surface area contributed by atoms with Gasteiger partial charge < -0.3 is 4.74 Å². The van der Waals surface area contributed by atoms with Gasteiger partial charge in [-0.3, -0.25) is 4.79 Å². The summed E-state index contributed by atoms with van der Waals surface area (Å²) >= 11 is 0. The second-order valence-electron chi connectivity index (χ2n) is 4.48. The number of hydrogen-bond donors (Lipinski definition) is 0. The van der Waals surface area contributed by atoms with Crippen LogP contribution >= 0.6 is 0 Å². The standard InChI is InChI=1S/C12H22O2/c1-3-5-10(2)8-11(13)9-12-6-4-7-14-12/h10,12H,3-9H2,1-2H3. The van der Waals surface area contributed by atoms with Gasteiger partial charge in [-0.15, -0.1) is 0 Å². The van der Waals surface area contributed by atoms with Gasteiger partial charge in [0.2, 0.25) is 0 Å². The van der Waals surface area contributed by atoms with E-state index in [-0.39, 0.29) is 6.10 Å². The third kappa shape index (κ3) is 4.23. The first kappa shape index (κ1) is 11.7. The van der Waals surface area contributed by atoms with E-state index in [0.29, 0.717) is 18.1 Å². The Hall–Kier alpha value is -0.370. The van der Waals surface area contributed by atoms with Gasteiger partial charge in [0.1, 0.15) is 5.78 Å². The predicted molar refractivity (Wildman–Crippen MR) is 57.3 cm³/mol. The van der Waals surface area contributed by atoms with Crippen molar-refractivity contribution in [1.82, 2.24) is 0 Å². The molecule has 1 fully saturated rings. The Morgan fingerprint density at radius 2 is 2.36 bits per heavy atom. The third-order valence-electron chi connectivity index (χ3n) is 2.84. The molecular formula is C12H22O2. The van der Waals surface area contributed by atoms with E-state index < -0.39 is 0 Å². The zero-order valence-electron chi connectivity index (χ0n) is 9.42. The van der Waals surface area contributed by atoms with E-state index in [1.165, 1.54) is 6.42 Å². The highest BCUT2D eigenvalue weighted by atomic mass is 16.5. The van der Waals surface area contributed by atoms with Crippen molar-refractivity contribution in [2.45, 2.75) is 58.5 Å². The molecule has 0 aromatic carbocycles. The number of ketones is 1. The highest BCUT2D eigenvalue weighted by Gasteiger charge is 2.19. The number of carbonyl (C=O) groups is 1. The van der Waals surface area contributed by atoms with Crippen LogP contribution in [0.25, 0.3) is 0 Å². The Kier molecular flexibility index (Phi) is 5.16. The average Bonchev–Trinajstić information content (AvgIpc) is 2.56. The average molecular weight is 198 g/mol. The van der Waals surface area contributed by atoms with Crippen molar-refractivity contribution in [1.29, 1.82) is 0 Å². The molecule has 2 heteroatoms. The van der Waals surface area contributed by atoms with Crippen LogP contribution in [0.2, 0.25) is 0 Å². The van der Waals surface area contributed by atoms with Gasteiger partial charge in [-0.2, -0.15) is 0 Å². The summed E-state index contributed by atoms with van der Waals surface area (Å²) in [5.74, 6) is 0.937. The van der Waals surface area contributed by atoms with Crippen molar-refractivity contribution < 1.29 is 9.53 Å². The van der Waals surface area contributed by atoms with Crippen LogP contribution in [0.5, 0.6) is 0 Å². The number of carbonyl (C=O) groups excluding carboxylic acids is 1. The highest BCUT2D eigenvalue weighted by molar-refractivity contribution is 5.79. The normalized spacial score (nSPS) is 23.7. The Bertz CT molecular complexity index is 171. The summed E-state index contributed by atoms with van der Waals surface area (Å²) < 4.78 is 5.44. The summed E-state index contributed by atoms with van der Waals surface area (Å²) in [5, 5.41) is 0. The summed E-state index contributed by atoms with van der Waals surface area (Å²) in [4.78, 5) is 11.6. The predicted octanol–water partition coefficient (Wildman–Crippen LogP) is 2.95. The highest BCUT2D eigenvalue weighted by Crippen LogP contribution is 2.18. The lowest BCUT2D eigenvalue weighted by atomic mass is 9.96. The van der Waals surface area contributed by atoms with Gasteiger partial charge in [0.15, 0.2) is 0 Å². The van der Waals surface area contributed by atoms with E-state index in [9.17, 15) is 4.79 Å². The quantitative estimate of drug-likeness (QED) is 0.656. The van der Waals surface area contributed by atoms with Gasteiger partial charge in [-0.1, -0.05) is 26.7 Å². The Balaban J connectivity index is 2.14. The van der Waals surface area contributed by atoms with Gasteiger partial charge in [0, 0.05) is 19.4 Å². The maximum atomic E-state index is 11.6. The number of ether oxygens (including phenoxy) is 1. The van der Waals surface area contributed by atoms with E-state index in [4.69, 9.17) is 4.74 Å². The Morgan fingerprint density at radius 3 is 2.93 bits per heavy atom. The molecular weight excluding hydrogens is 176 g/mol. The van der Waals surface area contributed by atoms with Crippen LogP contribution in [-0.2, 0) is 9.53 Å². The van der Waals surface area contributed by atoms with Crippen molar-refractivity contribution >= 4 is 5.78 Å². The fourth-order valence-corrected chi connectivity index (χ4v) is 2.13. The fourth-order valence-electron chi connectivity index (χ4n) is 2.13. The molecule has 2 unspecified atom stereocenters. The molecule has 14 heavy (non-hydrogen) atoms. The largest absolute Gasteiger partial charge is 0.378 e. The van der Waals surface area contributed by atoms with E-state index in [2.05, 4.69) is 13.8 Å². The SMILES string of the molecule is CCCC(C)CC(=O)CC1CCCO1. The minimum absolute atomic E-state index is 0.233. The molecule has 0 radical (unpaired) electrons. The number of hydrogen-bond acceptors (Lipinski definition) is 2. The number of Topliss-reactive ketones (excluding diaryl/α,β-unsaturated/α-hetero) is 1. The van der Waals surface area contributed by atoms with Crippen LogP contribution in [0.15, 0.2) is 0 Å². The lowest BCUT2D eigenvalue weighted by Crippen LogP contribution is -2.14. The van der Waals surface area contributed by atoms with Crippen LogP contribution in [-0.4, -0.2) is 18.5 Å². The molecule has 82 valence electrons. The fraction of sp³-hybridized carbons (Fsp3) is 0.917. The van der Waals surface area contributed by atoms with E-state index >= 15 is 0 Å². The molecule has 2 nitrogen and oxygen atoms in total. The number of rotatable bonds is 6. The van der Waals surface area contributed by atoms with Crippen molar-refractivity contribution in [2.75, 3.05) is 6.61 Å². The second kappa shape index (κ2) is 6.18. The lowest BCUT2D eigenvalue weighted by Gasteiger charge is -2.11. The lowest BCUT2D eigenvalue weighted by molar-refractivity contribution is -0.122. The molecule has 0 saturated carbocycles. The molecule has 0 N–H and O–H groups in total. The molecule has 1 saturated heterocycles. The van der Waals surface area contributed by atoms with Crippen LogP contribution < -0.4 is 0 Å². The summed E-state index contributed by atoms with van der Waals surface area (Å²) in [5.41, 5.74) is 0. The van der Waals surface area contributed by atoms with Crippen molar-refractivity contribution in [3.05, 3.63) is 0 Å². The van der Waals surface area contributed by atoms with Gasteiger partial charge in [-0.05, 0) is 18.8 Å². The van der Waals surface area contributed by atoms with Crippen LogP contribution in [0, 0.1) is 5.92 Å². The molecule has 1 aliphatic rings.